The quantitative estimate of drug-likeness (QED) is 0.848. The molecule has 2 N–H and O–H groups in total. The lowest BCUT2D eigenvalue weighted by Crippen LogP contribution is -2.56. The largest absolute Gasteiger partial charge is 0.480 e. The molecule has 0 radical (unpaired) electrons. The molecular weight excluding hydrogens is 294 g/mol. The van der Waals surface area contributed by atoms with Crippen LogP contribution in [0.3, 0.4) is 0 Å². The molecule has 0 bridgehead atoms. The Bertz CT molecular complexity index is 615. The Morgan fingerprint density at radius 1 is 1.52 bits per heavy atom. The Hall–Kier alpha value is -1.41. The molecule has 1 fully saturated rings. The van der Waals surface area contributed by atoms with Crippen LogP contribution in [-0.4, -0.2) is 34.6 Å². The van der Waals surface area contributed by atoms with Gasteiger partial charge in [0.05, 0.1) is 6.33 Å². The van der Waals surface area contributed by atoms with Gasteiger partial charge < -0.3 is 9.67 Å². The molecule has 1 aliphatic carbocycles. The van der Waals surface area contributed by atoms with Gasteiger partial charge in [0.2, 0.25) is 0 Å². The van der Waals surface area contributed by atoms with Gasteiger partial charge in [-0.05, 0) is 31.6 Å². The van der Waals surface area contributed by atoms with Crippen molar-refractivity contribution in [3.8, 4) is 0 Å². The van der Waals surface area contributed by atoms with Gasteiger partial charge in [0, 0.05) is 13.2 Å². The minimum absolute atomic E-state index is 0.150. The van der Waals surface area contributed by atoms with E-state index in [1.165, 1.54) is 17.1 Å². The molecule has 7 nitrogen and oxygen atoms in total. The lowest BCUT2D eigenvalue weighted by Gasteiger charge is -2.36. The third kappa shape index (κ3) is 3.26. The molecule has 0 saturated heterocycles. The zero-order valence-corrected chi connectivity index (χ0v) is 13.1. The van der Waals surface area contributed by atoms with Crippen molar-refractivity contribution in [3.63, 3.8) is 0 Å². The fraction of sp³-hybridized carbons (Fsp3) is 0.692. The van der Waals surface area contributed by atoms with Crippen molar-refractivity contribution >= 4 is 16.0 Å². The first-order chi connectivity index (χ1) is 9.79. The number of nitrogens with one attached hydrogen (secondary N) is 1. The maximum Gasteiger partial charge on any atom is 0.324 e. The Morgan fingerprint density at radius 2 is 2.14 bits per heavy atom. The van der Waals surface area contributed by atoms with E-state index in [-0.39, 0.29) is 5.03 Å². The third-order valence-corrected chi connectivity index (χ3v) is 5.65. The summed E-state index contributed by atoms with van der Waals surface area (Å²) in [6.07, 6.45) is 5.77. The van der Waals surface area contributed by atoms with E-state index < -0.39 is 21.5 Å². The summed E-state index contributed by atoms with van der Waals surface area (Å²) < 4.78 is 28.5. The summed E-state index contributed by atoms with van der Waals surface area (Å²) >= 11 is 0. The topological polar surface area (TPSA) is 101 Å². The van der Waals surface area contributed by atoms with Gasteiger partial charge in [-0.15, -0.1) is 0 Å². The normalized spacial score (nSPS) is 26.7. The molecule has 0 unspecified atom stereocenters. The zero-order valence-electron chi connectivity index (χ0n) is 12.2. The van der Waals surface area contributed by atoms with E-state index in [1.807, 2.05) is 0 Å². The number of nitrogens with zero attached hydrogens (tertiary/aromatic N) is 2. The number of carbonyl (C=O) groups is 1. The Balaban J connectivity index is 2.23. The van der Waals surface area contributed by atoms with Crippen LogP contribution in [0.5, 0.6) is 0 Å². The minimum atomic E-state index is -3.93. The Morgan fingerprint density at radius 3 is 2.57 bits per heavy atom. The lowest BCUT2D eigenvalue weighted by molar-refractivity contribution is -0.145. The summed E-state index contributed by atoms with van der Waals surface area (Å²) in [7, 11) is -2.27. The maximum atomic E-state index is 12.3. The van der Waals surface area contributed by atoms with E-state index in [0.29, 0.717) is 31.6 Å². The summed E-state index contributed by atoms with van der Waals surface area (Å²) in [6.45, 7) is 2.07. The van der Waals surface area contributed by atoms with Crippen LogP contribution >= 0.6 is 0 Å². The van der Waals surface area contributed by atoms with Crippen LogP contribution < -0.4 is 4.72 Å². The zero-order chi connectivity index (χ0) is 15.7. The number of imidazole rings is 1. The number of aryl methyl sites for hydroxylation is 1. The van der Waals surface area contributed by atoms with E-state index in [4.69, 9.17) is 0 Å². The molecule has 1 aromatic rings. The lowest BCUT2D eigenvalue weighted by atomic mass is 9.76. The standard InChI is InChI=1S/C13H21N3O4S/c1-3-10-4-6-13(7-5-10,12(17)18)15-21(19,20)11-8-16(2)9-14-11/h8-10,15H,3-7H2,1-2H3,(H,17,18). The fourth-order valence-electron chi connectivity index (χ4n) is 2.78. The molecule has 1 aromatic heterocycles. The highest BCUT2D eigenvalue weighted by molar-refractivity contribution is 7.89. The van der Waals surface area contributed by atoms with Crippen LogP contribution in [0.15, 0.2) is 17.6 Å². The van der Waals surface area contributed by atoms with Crippen LogP contribution in [0.1, 0.15) is 39.0 Å². The second kappa shape index (κ2) is 5.76. The van der Waals surface area contributed by atoms with Gasteiger partial charge in [0.25, 0.3) is 10.0 Å². The third-order valence-electron chi connectivity index (χ3n) is 4.23. The van der Waals surface area contributed by atoms with E-state index in [1.54, 1.807) is 7.05 Å². The highest BCUT2D eigenvalue weighted by atomic mass is 32.2. The molecule has 1 aliphatic rings. The molecule has 2 rings (SSSR count). The molecule has 0 amide bonds. The molecule has 0 aromatic carbocycles. The summed E-state index contributed by atoms with van der Waals surface area (Å²) in [4.78, 5) is 15.4. The van der Waals surface area contributed by atoms with Crippen LogP contribution in [0.25, 0.3) is 0 Å². The van der Waals surface area contributed by atoms with Crippen LogP contribution in [0.2, 0.25) is 0 Å². The van der Waals surface area contributed by atoms with Gasteiger partial charge >= 0.3 is 5.97 Å². The van der Waals surface area contributed by atoms with Gasteiger partial charge in [-0.3, -0.25) is 4.79 Å². The smallest absolute Gasteiger partial charge is 0.324 e. The molecule has 21 heavy (non-hydrogen) atoms. The van der Waals surface area contributed by atoms with E-state index in [9.17, 15) is 18.3 Å². The van der Waals surface area contributed by atoms with E-state index in [0.717, 1.165) is 6.42 Å². The number of aliphatic carboxylic acids is 1. The maximum absolute atomic E-state index is 12.3. The second-order valence-corrected chi connectivity index (χ2v) is 7.35. The molecule has 0 spiro atoms. The van der Waals surface area contributed by atoms with Gasteiger partial charge in [0.15, 0.2) is 5.03 Å². The van der Waals surface area contributed by atoms with Crippen LogP contribution in [0.4, 0.5) is 0 Å². The Labute approximate surface area is 124 Å². The molecule has 1 heterocycles. The Kier molecular flexibility index (Phi) is 4.38. The average molecular weight is 315 g/mol. The first kappa shape index (κ1) is 16.0. The summed E-state index contributed by atoms with van der Waals surface area (Å²) in [5.41, 5.74) is -1.41. The van der Waals surface area contributed by atoms with E-state index in [2.05, 4.69) is 16.6 Å². The average Bonchev–Trinajstić information content (AvgIpc) is 2.86. The van der Waals surface area contributed by atoms with Crippen molar-refractivity contribution in [2.75, 3.05) is 0 Å². The first-order valence-electron chi connectivity index (χ1n) is 7.04. The SMILES string of the molecule is CCC1CCC(NS(=O)(=O)c2cn(C)cn2)(C(=O)O)CC1. The van der Waals surface area contributed by atoms with Crippen LogP contribution in [-0.2, 0) is 21.9 Å². The van der Waals surface area contributed by atoms with Crippen LogP contribution in [0, 0.1) is 5.92 Å². The van der Waals surface area contributed by atoms with Gasteiger partial charge in [0.1, 0.15) is 5.54 Å². The van der Waals surface area contributed by atoms with Crippen molar-refractivity contribution < 1.29 is 18.3 Å². The number of hydrogen-bond acceptors (Lipinski definition) is 4. The highest BCUT2D eigenvalue weighted by Gasteiger charge is 2.45. The van der Waals surface area contributed by atoms with Gasteiger partial charge in [-0.25, -0.2) is 13.4 Å². The number of aromatic nitrogens is 2. The van der Waals surface area contributed by atoms with E-state index >= 15 is 0 Å². The molecular formula is C13H21N3O4S. The molecule has 0 aliphatic heterocycles. The number of sulfonamides is 1. The second-order valence-electron chi connectivity index (χ2n) is 5.72. The number of hydrogen-bond donors (Lipinski definition) is 2. The predicted octanol–water partition coefficient (Wildman–Crippen LogP) is 1.12. The first-order valence-corrected chi connectivity index (χ1v) is 8.53. The predicted molar refractivity (Wildman–Crippen MR) is 76.1 cm³/mol. The van der Waals surface area contributed by atoms with Crippen molar-refractivity contribution in [2.45, 2.75) is 49.6 Å². The fourth-order valence-corrected chi connectivity index (χ4v) is 4.18. The van der Waals surface area contributed by atoms with Crippen molar-refractivity contribution in [2.24, 2.45) is 13.0 Å². The minimum Gasteiger partial charge on any atom is -0.480 e. The monoisotopic (exact) mass is 315 g/mol. The highest BCUT2D eigenvalue weighted by Crippen LogP contribution is 2.35. The van der Waals surface area contributed by atoms with Gasteiger partial charge in [-0.2, -0.15) is 4.72 Å². The molecule has 118 valence electrons. The van der Waals surface area contributed by atoms with Crippen molar-refractivity contribution in [3.05, 3.63) is 12.5 Å². The van der Waals surface area contributed by atoms with Gasteiger partial charge in [-0.1, -0.05) is 13.3 Å². The number of rotatable bonds is 5. The summed E-state index contributed by atoms with van der Waals surface area (Å²) in [5.74, 6) is -0.645. The van der Waals surface area contributed by atoms with Crippen molar-refractivity contribution in [1.29, 1.82) is 0 Å². The molecule has 8 heteroatoms. The molecule has 0 atom stereocenters. The molecule has 1 saturated carbocycles. The van der Waals surface area contributed by atoms with Crippen molar-refractivity contribution in [1.82, 2.24) is 14.3 Å². The summed E-state index contributed by atoms with van der Waals surface area (Å²) in [5, 5.41) is 9.36. The number of carboxylic acids is 1. The number of carboxylic acid groups (broad SMARTS) is 1. The summed E-state index contributed by atoms with van der Waals surface area (Å²) in [6, 6.07) is 0.